The predicted molar refractivity (Wildman–Crippen MR) is 57.2 cm³/mol. The number of hydrogen-bond acceptors (Lipinski definition) is 4. The van der Waals surface area contributed by atoms with Gasteiger partial charge in [-0.2, -0.15) is 4.98 Å². The molecule has 1 heterocycles. The van der Waals surface area contributed by atoms with Gasteiger partial charge in [-0.25, -0.2) is 0 Å². The van der Waals surface area contributed by atoms with Gasteiger partial charge in [0.2, 0.25) is 5.89 Å². The number of hydrogen-bond donors (Lipinski definition) is 1. The number of nitrogens with zero attached hydrogens (tertiary/aromatic N) is 2. The van der Waals surface area contributed by atoms with Gasteiger partial charge >= 0.3 is 0 Å². The van der Waals surface area contributed by atoms with E-state index in [1.807, 2.05) is 0 Å². The van der Waals surface area contributed by atoms with Crippen LogP contribution in [-0.4, -0.2) is 10.1 Å². The summed E-state index contributed by atoms with van der Waals surface area (Å²) in [6, 6.07) is -0.0261. The molecule has 0 aliphatic heterocycles. The molecule has 1 aromatic heterocycles. The van der Waals surface area contributed by atoms with Crippen LogP contribution in [0.5, 0.6) is 0 Å². The molecule has 4 heteroatoms. The molecule has 2 atom stereocenters. The molecular formula is C11H19N3O. The molecule has 0 aromatic carbocycles. The summed E-state index contributed by atoms with van der Waals surface area (Å²) >= 11 is 0. The maximum Gasteiger partial charge on any atom is 0.229 e. The van der Waals surface area contributed by atoms with Crippen LogP contribution in [0.2, 0.25) is 0 Å². The molecule has 2 unspecified atom stereocenters. The van der Waals surface area contributed by atoms with Crippen molar-refractivity contribution >= 4 is 0 Å². The van der Waals surface area contributed by atoms with E-state index in [9.17, 15) is 0 Å². The van der Waals surface area contributed by atoms with Gasteiger partial charge in [-0.05, 0) is 24.7 Å². The van der Waals surface area contributed by atoms with E-state index in [-0.39, 0.29) is 6.04 Å². The smallest absolute Gasteiger partial charge is 0.229 e. The van der Waals surface area contributed by atoms with Crippen molar-refractivity contribution in [1.82, 2.24) is 10.1 Å². The maximum absolute atomic E-state index is 6.00. The summed E-state index contributed by atoms with van der Waals surface area (Å²) in [5.74, 6) is 2.79. The summed E-state index contributed by atoms with van der Waals surface area (Å²) in [5.41, 5.74) is 6.00. The number of nitrogens with two attached hydrogens (primary N) is 1. The number of aromatic nitrogens is 2. The second-order valence-corrected chi connectivity index (χ2v) is 4.89. The largest absolute Gasteiger partial charge is 0.339 e. The van der Waals surface area contributed by atoms with Crippen LogP contribution in [-0.2, 0) is 0 Å². The molecule has 0 saturated heterocycles. The van der Waals surface area contributed by atoms with Gasteiger partial charge in [-0.15, -0.1) is 0 Å². The van der Waals surface area contributed by atoms with Crippen LogP contribution in [0.25, 0.3) is 0 Å². The van der Waals surface area contributed by atoms with Crippen LogP contribution in [0.4, 0.5) is 0 Å². The molecule has 2 N–H and O–H groups in total. The molecule has 1 aromatic rings. The van der Waals surface area contributed by atoms with Crippen molar-refractivity contribution in [2.75, 3.05) is 0 Å². The van der Waals surface area contributed by atoms with Crippen molar-refractivity contribution in [3.05, 3.63) is 11.7 Å². The fourth-order valence-corrected chi connectivity index (χ4v) is 1.52. The molecule has 0 amide bonds. The molecule has 0 bridgehead atoms. The maximum atomic E-state index is 6.00. The molecule has 15 heavy (non-hydrogen) atoms. The van der Waals surface area contributed by atoms with E-state index in [1.54, 1.807) is 0 Å². The molecule has 2 rings (SSSR count). The van der Waals surface area contributed by atoms with E-state index in [2.05, 4.69) is 30.9 Å². The van der Waals surface area contributed by atoms with Gasteiger partial charge in [0.15, 0.2) is 5.82 Å². The van der Waals surface area contributed by atoms with Crippen molar-refractivity contribution in [1.29, 1.82) is 0 Å². The Balaban J connectivity index is 2.09. The van der Waals surface area contributed by atoms with E-state index in [1.165, 1.54) is 12.8 Å². The second-order valence-electron chi connectivity index (χ2n) is 4.89. The topological polar surface area (TPSA) is 64.9 Å². The highest BCUT2D eigenvalue weighted by Crippen LogP contribution is 2.38. The van der Waals surface area contributed by atoms with Gasteiger partial charge in [0.1, 0.15) is 0 Å². The lowest BCUT2D eigenvalue weighted by atomic mass is 9.98. The van der Waals surface area contributed by atoms with Gasteiger partial charge in [0.05, 0.1) is 6.04 Å². The Bertz CT molecular complexity index is 308. The monoisotopic (exact) mass is 209 g/mol. The molecule has 0 radical (unpaired) electrons. The van der Waals surface area contributed by atoms with Crippen LogP contribution in [0.1, 0.15) is 57.3 Å². The van der Waals surface area contributed by atoms with Crippen molar-refractivity contribution in [2.24, 2.45) is 17.6 Å². The molecule has 84 valence electrons. The predicted octanol–water partition coefficient (Wildman–Crippen LogP) is 2.24. The summed E-state index contributed by atoms with van der Waals surface area (Å²) in [7, 11) is 0. The molecule has 1 aliphatic rings. The minimum Gasteiger partial charge on any atom is -0.339 e. The van der Waals surface area contributed by atoms with Gasteiger partial charge in [0.25, 0.3) is 0 Å². The molecule has 1 aliphatic carbocycles. The normalized spacial score (nSPS) is 20.6. The first kappa shape index (κ1) is 10.6. The first-order chi connectivity index (χ1) is 7.09. The third kappa shape index (κ3) is 2.20. The Hall–Kier alpha value is -0.900. The van der Waals surface area contributed by atoms with E-state index < -0.39 is 0 Å². The zero-order chi connectivity index (χ0) is 11.0. The average molecular weight is 209 g/mol. The SMILES string of the molecule is CC(C)C(C)c1nc(C(N)C2CC2)no1. The van der Waals surface area contributed by atoms with Crippen LogP contribution in [0.15, 0.2) is 4.52 Å². The van der Waals surface area contributed by atoms with Gasteiger partial charge in [-0.1, -0.05) is 25.9 Å². The Labute approximate surface area is 90.2 Å². The van der Waals surface area contributed by atoms with Crippen LogP contribution >= 0.6 is 0 Å². The van der Waals surface area contributed by atoms with Crippen LogP contribution < -0.4 is 5.73 Å². The second kappa shape index (κ2) is 3.93. The van der Waals surface area contributed by atoms with Crippen LogP contribution in [0.3, 0.4) is 0 Å². The highest BCUT2D eigenvalue weighted by Gasteiger charge is 2.33. The molecule has 4 nitrogen and oxygen atoms in total. The highest BCUT2D eigenvalue weighted by atomic mass is 16.5. The lowest BCUT2D eigenvalue weighted by molar-refractivity contribution is 0.326. The Kier molecular flexibility index (Phi) is 2.78. The fraction of sp³-hybridized carbons (Fsp3) is 0.818. The zero-order valence-corrected chi connectivity index (χ0v) is 9.60. The third-order valence-electron chi connectivity index (χ3n) is 3.27. The minimum atomic E-state index is -0.0261. The van der Waals surface area contributed by atoms with Gasteiger partial charge < -0.3 is 10.3 Å². The fourth-order valence-electron chi connectivity index (χ4n) is 1.52. The van der Waals surface area contributed by atoms with Gasteiger partial charge in [-0.3, -0.25) is 0 Å². The van der Waals surface area contributed by atoms with Gasteiger partial charge in [0, 0.05) is 5.92 Å². The lowest BCUT2D eigenvalue weighted by Crippen LogP contribution is -2.14. The van der Waals surface area contributed by atoms with Crippen molar-refractivity contribution in [3.63, 3.8) is 0 Å². The Morgan fingerprint density at radius 1 is 1.33 bits per heavy atom. The average Bonchev–Trinajstić information content (AvgIpc) is 2.93. The summed E-state index contributed by atoms with van der Waals surface area (Å²) < 4.78 is 5.25. The molecular weight excluding hydrogens is 190 g/mol. The minimum absolute atomic E-state index is 0.0261. The van der Waals surface area contributed by atoms with E-state index in [0.29, 0.717) is 23.6 Å². The molecule has 1 saturated carbocycles. The van der Waals surface area contributed by atoms with Crippen molar-refractivity contribution in [3.8, 4) is 0 Å². The summed E-state index contributed by atoms with van der Waals surface area (Å²) in [6.07, 6.45) is 2.40. The van der Waals surface area contributed by atoms with Crippen molar-refractivity contribution < 1.29 is 4.52 Å². The number of rotatable bonds is 4. The van der Waals surface area contributed by atoms with E-state index >= 15 is 0 Å². The Morgan fingerprint density at radius 3 is 2.53 bits per heavy atom. The van der Waals surface area contributed by atoms with Crippen molar-refractivity contribution in [2.45, 2.75) is 45.6 Å². The molecule has 0 spiro atoms. The third-order valence-corrected chi connectivity index (χ3v) is 3.27. The summed E-state index contributed by atoms with van der Waals surface area (Å²) in [4.78, 5) is 4.39. The van der Waals surface area contributed by atoms with Crippen LogP contribution in [0, 0.1) is 11.8 Å². The highest BCUT2D eigenvalue weighted by molar-refractivity contribution is 5.02. The Morgan fingerprint density at radius 2 is 2.00 bits per heavy atom. The molecule has 1 fully saturated rings. The lowest BCUT2D eigenvalue weighted by Gasteiger charge is -2.09. The van der Waals surface area contributed by atoms with E-state index in [4.69, 9.17) is 10.3 Å². The zero-order valence-electron chi connectivity index (χ0n) is 9.60. The quantitative estimate of drug-likeness (QED) is 0.825. The first-order valence-electron chi connectivity index (χ1n) is 5.68. The van der Waals surface area contributed by atoms with E-state index in [0.717, 1.165) is 5.89 Å². The summed E-state index contributed by atoms with van der Waals surface area (Å²) in [5, 5.41) is 3.97. The summed E-state index contributed by atoms with van der Waals surface area (Å²) in [6.45, 7) is 6.40. The standard InChI is InChI=1S/C11H19N3O/c1-6(2)7(3)11-13-10(14-15-11)9(12)8-4-5-8/h6-9H,4-5,12H2,1-3H3. The first-order valence-corrected chi connectivity index (χ1v) is 5.68.